The molecular formula is C23H24N4O3S. The van der Waals surface area contributed by atoms with Gasteiger partial charge in [-0.25, -0.2) is 0 Å². The summed E-state index contributed by atoms with van der Waals surface area (Å²) >= 11 is 1.69. The minimum atomic E-state index is -0.274. The maximum absolute atomic E-state index is 12.4. The van der Waals surface area contributed by atoms with Gasteiger partial charge in [-0.2, -0.15) is 0 Å². The molecule has 8 heteroatoms. The van der Waals surface area contributed by atoms with E-state index < -0.39 is 0 Å². The Morgan fingerprint density at radius 1 is 0.903 bits per heavy atom. The number of nitrogens with zero attached hydrogens (tertiary/aromatic N) is 1. The van der Waals surface area contributed by atoms with E-state index in [0.29, 0.717) is 29.8 Å². The summed E-state index contributed by atoms with van der Waals surface area (Å²) in [5.74, 6) is -0.595. The van der Waals surface area contributed by atoms with E-state index in [1.807, 2.05) is 11.4 Å². The van der Waals surface area contributed by atoms with Gasteiger partial charge in [0.1, 0.15) is 0 Å². The van der Waals surface area contributed by atoms with Crippen molar-refractivity contribution in [3.05, 3.63) is 82.3 Å². The van der Waals surface area contributed by atoms with Gasteiger partial charge < -0.3 is 16.0 Å². The van der Waals surface area contributed by atoms with Gasteiger partial charge in [-0.05, 0) is 54.6 Å². The number of rotatable bonds is 10. The van der Waals surface area contributed by atoms with Crippen LogP contribution in [0.2, 0.25) is 0 Å². The van der Waals surface area contributed by atoms with Crippen molar-refractivity contribution in [1.29, 1.82) is 0 Å². The second-order valence-corrected chi connectivity index (χ2v) is 7.85. The molecule has 3 rings (SSSR count). The van der Waals surface area contributed by atoms with Crippen LogP contribution in [0.25, 0.3) is 0 Å². The summed E-state index contributed by atoms with van der Waals surface area (Å²) in [6.07, 6.45) is 5.15. The molecule has 31 heavy (non-hydrogen) atoms. The third kappa shape index (κ3) is 7.35. The number of amides is 3. The lowest BCUT2D eigenvalue weighted by Gasteiger charge is -2.09. The first kappa shape index (κ1) is 22.2. The topological polar surface area (TPSA) is 100 Å². The predicted octanol–water partition coefficient (Wildman–Crippen LogP) is 3.26. The van der Waals surface area contributed by atoms with Gasteiger partial charge in [-0.1, -0.05) is 12.1 Å². The van der Waals surface area contributed by atoms with Gasteiger partial charge in [0.25, 0.3) is 11.8 Å². The smallest absolute Gasteiger partial charge is 0.252 e. The monoisotopic (exact) mass is 436 g/mol. The number of carbonyl (C=O) groups excluding carboxylic acids is 3. The van der Waals surface area contributed by atoms with Crippen LogP contribution in [0.1, 0.15) is 38.4 Å². The first-order valence-electron chi connectivity index (χ1n) is 10.0. The van der Waals surface area contributed by atoms with E-state index in [9.17, 15) is 14.4 Å². The molecule has 0 atom stereocenters. The molecule has 0 aliphatic carbocycles. The van der Waals surface area contributed by atoms with E-state index in [0.717, 1.165) is 12.8 Å². The molecule has 7 nitrogen and oxygen atoms in total. The molecule has 0 aliphatic heterocycles. The summed E-state index contributed by atoms with van der Waals surface area (Å²) in [4.78, 5) is 41.6. The van der Waals surface area contributed by atoms with E-state index >= 15 is 0 Å². The molecule has 160 valence electrons. The first-order valence-corrected chi connectivity index (χ1v) is 10.9. The van der Waals surface area contributed by atoms with Crippen LogP contribution in [-0.4, -0.2) is 35.8 Å². The molecule has 0 bridgehead atoms. The van der Waals surface area contributed by atoms with Crippen LogP contribution < -0.4 is 16.0 Å². The van der Waals surface area contributed by atoms with Crippen molar-refractivity contribution >= 4 is 34.7 Å². The SMILES string of the molecule is O=C(CCCc1cccs1)Nc1cccc(C(=O)NCCNC(=O)c2cccnc2)c1. The second kappa shape index (κ2) is 11.6. The second-order valence-electron chi connectivity index (χ2n) is 6.82. The highest BCUT2D eigenvalue weighted by atomic mass is 32.1. The van der Waals surface area contributed by atoms with E-state index in [4.69, 9.17) is 0 Å². The van der Waals surface area contributed by atoms with Crippen molar-refractivity contribution in [2.24, 2.45) is 0 Å². The summed E-state index contributed by atoms with van der Waals surface area (Å²) in [6, 6.07) is 14.2. The molecule has 0 spiro atoms. The highest BCUT2D eigenvalue weighted by Gasteiger charge is 2.09. The van der Waals surface area contributed by atoms with Crippen molar-refractivity contribution in [3.63, 3.8) is 0 Å². The molecule has 1 aromatic carbocycles. The Bertz CT molecular complexity index is 1010. The number of hydrogen-bond acceptors (Lipinski definition) is 5. The Hall–Kier alpha value is -3.52. The molecule has 3 N–H and O–H groups in total. The number of aryl methyl sites for hydroxylation is 1. The summed E-state index contributed by atoms with van der Waals surface area (Å²) in [5, 5.41) is 10.3. The molecule has 0 aliphatic rings. The lowest BCUT2D eigenvalue weighted by Crippen LogP contribution is -2.34. The number of benzene rings is 1. The molecule has 0 radical (unpaired) electrons. The summed E-state index contributed by atoms with van der Waals surface area (Å²) in [5.41, 5.74) is 1.49. The fourth-order valence-electron chi connectivity index (χ4n) is 2.89. The van der Waals surface area contributed by atoms with Gasteiger partial charge in [0.2, 0.25) is 5.91 Å². The van der Waals surface area contributed by atoms with E-state index in [-0.39, 0.29) is 24.3 Å². The van der Waals surface area contributed by atoms with Gasteiger partial charge in [-0.15, -0.1) is 11.3 Å². The maximum atomic E-state index is 12.4. The van der Waals surface area contributed by atoms with E-state index in [2.05, 4.69) is 27.0 Å². The fourth-order valence-corrected chi connectivity index (χ4v) is 3.64. The Kier molecular flexibility index (Phi) is 8.30. The van der Waals surface area contributed by atoms with E-state index in [1.54, 1.807) is 53.9 Å². The predicted molar refractivity (Wildman–Crippen MR) is 121 cm³/mol. The van der Waals surface area contributed by atoms with Gasteiger partial charge in [-0.3, -0.25) is 19.4 Å². The minimum Gasteiger partial charge on any atom is -0.350 e. The molecule has 0 unspecified atom stereocenters. The van der Waals surface area contributed by atoms with Crippen molar-refractivity contribution in [3.8, 4) is 0 Å². The summed E-state index contributed by atoms with van der Waals surface area (Å²) < 4.78 is 0. The Labute approximate surface area is 184 Å². The van der Waals surface area contributed by atoms with Crippen LogP contribution >= 0.6 is 11.3 Å². The molecule has 2 heterocycles. The molecule has 3 amide bonds. The number of nitrogens with one attached hydrogen (secondary N) is 3. The first-order chi connectivity index (χ1) is 15.1. The normalized spacial score (nSPS) is 10.3. The third-order valence-corrected chi connectivity index (χ3v) is 5.37. The molecule has 0 saturated carbocycles. The lowest BCUT2D eigenvalue weighted by molar-refractivity contribution is -0.116. The largest absolute Gasteiger partial charge is 0.350 e. The lowest BCUT2D eigenvalue weighted by atomic mass is 10.1. The van der Waals surface area contributed by atoms with Gasteiger partial charge in [0.05, 0.1) is 5.56 Å². The van der Waals surface area contributed by atoms with Crippen molar-refractivity contribution < 1.29 is 14.4 Å². The average molecular weight is 437 g/mol. The number of anilines is 1. The molecular weight excluding hydrogens is 412 g/mol. The number of carbonyl (C=O) groups is 3. The molecule has 3 aromatic rings. The summed E-state index contributed by atoms with van der Waals surface area (Å²) in [7, 11) is 0. The standard InChI is InChI=1S/C23H24N4O3S/c28-21(10-2-8-20-9-4-14-31-20)27-19-7-1-5-17(15-19)22(29)25-12-13-26-23(30)18-6-3-11-24-16-18/h1,3-7,9,11,14-16H,2,8,10,12-13H2,(H,25,29)(H,26,30)(H,27,28). The van der Waals surface area contributed by atoms with Crippen LogP contribution in [0.15, 0.2) is 66.3 Å². The average Bonchev–Trinajstić information content (AvgIpc) is 3.30. The van der Waals surface area contributed by atoms with Gasteiger partial charge in [0, 0.05) is 48.0 Å². The Morgan fingerprint density at radius 2 is 1.68 bits per heavy atom. The molecule has 0 saturated heterocycles. The maximum Gasteiger partial charge on any atom is 0.252 e. The van der Waals surface area contributed by atoms with Crippen LogP contribution in [0, 0.1) is 0 Å². The van der Waals surface area contributed by atoms with Crippen molar-refractivity contribution in [1.82, 2.24) is 15.6 Å². The highest BCUT2D eigenvalue weighted by Crippen LogP contribution is 2.14. The Morgan fingerprint density at radius 3 is 2.39 bits per heavy atom. The number of hydrogen-bond donors (Lipinski definition) is 3. The Balaban J connectivity index is 1.39. The highest BCUT2D eigenvalue weighted by molar-refractivity contribution is 7.09. The zero-order chi connectivity index (χ0) is 21.9. The molecule has 2 aromatic heterocycles. The zero-order valence-corrected chi connectivity index (χ0v) is 17.8. The number of thiophene rings is 1. The van der Waals surface area contributed by atoms with Crippen LogP contribution in [0.5, 0.6) is 0 Å². The zero-order valence-electron chi connectivity index (χ0n) is 17.0. The van der Waals surface area contributed by atoms with Gasteiger partial charge >= 0.3 is 0 Å². The third-order valence-electron chi connectivity index (χ3n) is 4.44. The minimum absolute atomic E-state index is 0.0766. The quantitative estimate of drug-likeness (QED) is 0.425. The van der Waals surface area contributed by atoms with Crippen LogP contribution in [0.3, 0.4) is 0 Å². The van der Waals surface area contributed by atoms with E-state index in [1.165, 1.54) is 11.1 Å². The van der Waals surface area contributed by atoms with Crippen molar-refractivity contribution in [2.45, 2.75) is 19.3 Å². The van der Waals surface area contributed by atoms with Crippen LogP contribution in [-0.2, 0) is 11.2 Å². The fraction of sp³-hybridized carbons (Fsp3) is 0.217. The van der Waals surface area contributed by atoms with Gasteiger partial charge in [0.15, 0.2) is 0 Å². The number of pyridine rings is 1. The molecule has 0 fully saturated rings. The number of aromatic nitrogens is 1. The van der Waals surface area contributed by atoms with Crippen LogP contribution in [0.4, 0.5) is 5.69 Å². The summed E-state index contributed by atoms with van der Waals surface area (Å²) in [6.45, 7) is 0.574. The van der Waals surface area contributed by atoms with Crippen molar-refractivity contribution in [2.75, 3.05) is 18.4 Å².